The van der Waals surface area contributed by atoms with Crippen molar-refractivity contribution >= 4 is 17.1 Å². The number of aromatic amines is 1. The van der Waals surface area contributed by atoms with E-state index < -0.39 is 0 Å². The summed E-state index contributed by atoms with van der Waals surface area (Å²) in [5.41, 5.74) is 4.68. The normalized spacial score (nSPS) is 25.6. The first kappa shape index (κ1) is 20.5. The summed E-state index contributed by atoms with van der Waals surface area (Å²) in [6, 6.07) is 8.38. The van der Waals surface area contributed by atoms with E-state index in [9.17, 15) is 4.79 Å². The molecule has 3 fully saturated rings. The molecule has 0 spiro atoms. The first-order valence-electron chi connectivity index (χ1n) is 11.6. The lowest BCUT2D eigenvalue weighted by molar-refractivity contribution is -0.111. The zero-order valence-corrected chi connectivity index (χ0v) is 18.9. The van der Waals surface area contributed by atoms with Crippen LogP contribution in [0.15, 0.2) is 36.8 Å². The number of fused-ring (bicyclic) bond motifs is 3. The Morgan fingerprint density at radius 1 is 1.15 bits per heavy atom. The van der Waals surface area contributed by atoms with Crippen LogP contribution in [-0.2, 0) is 9.47 Å². The van der Waals surface area contributed by atoms with Gasteiger partial charge in [-0.2, -0.15) is 4.98 Å². The third-order valence-corrected chi connectivity index (χ3v) is 7.09. The second kappa shape index (κ2) is 7.73. The Morgan fingerprint density at radius 2 is 1.88 bits per heavy atom. The molecule has 2 aromatic heterocycles. The Labute approximate surface area is 192 Å². The van der Waals surface area contributed by atoms with Gasteiger partial charge in [0.1, 0.15) is 29.1 Å². The average molecular weight is 449 g/mol. The summed E-state index contributed by atoms with van der Waals surface area (Å²) in [6.07, 6.45) is 5.10. The van der Waals surface area contributed by atoms with Gasteiger partial charge in [-0.25, -0.2) is 9.78 Å². The molecule has 1 saturated carbocycles. The molecule has 4 heterocycles. The highest BCUT2D eigenvalue weighted by molar-refractivity contribution is 5.94. The molecule has 172 valence electrons. The number of piperidine rings is 1. The number of aryl methyl sites for hydroxylation is 1. The van der Waals surface area contributed by atoms with E-state index in [0.717, 1.165) is 35.0 Å². The monoisotopic (exact) mass is 448 g/mol. The molecule has 2 atom stereocenters. The summed E-state index contributed by atoms with van der Waals surface area (Å²) < 4.78 is 18.0. The van der Waals surface area contributed by atoms with Crippen LogP contribution in [0.4, 0.5) is 4.79 Å². The summed E-state index contributed by atoms with van der Waals surface area (Å²) in [5.74, 6) is 0.670. The number of benzene rings is 1. The maximum Gasteiger partial charge on any atom is 0.410 e. The van der Waals surface area contributed by atoms with Crippen LogP contribution in [0.1, 0.15) is 25.3 Å². The molecule has 8 nitrogen and oxygen atoms in total. The fourth-order valence-corrected chi connectivity index (χ4v) is 4.88. The van der Waals surface area contributed by atoms with Gasteiger partial charge in [-0.15, -0.1) is 0 Å². The van der Waals surface area contributed by atoms with Crippen molar-refractivity contribution < 1.29 is 19.0 Å². The van der Waals surface area contributed by atoms with Crippen LogP contribution in [0.3, 0.4) is 0 Å². The van der Waals surface area contributed by atoms with Crippen LogP contribution in [0.25, 0.3) is 22.2 Å². The first-order valence-corrected chi connectivity index (χ1v) is 11.6. The smallest absolute Gasteiger partial charge is 0.410 e. The number of likely N-dealkylation sites (tertiary alicyclic amines) is 1. The van der Waals surface area contributed by atoms with E-state index in [2.05, 4.69) is 46.1 Å². The molecule has 3 aromatic rings. The minimum atomic E-state index is -0.272. The highest BCUT2D eigenvalue weighted by Gasteiger charge is 2.47. The fourth-order valence-electron chi connectivity index (χ4n) is 4.88. The van der Waals surface area contributed by atoms with Gasteiger partial charge >= 0.3 is 6.09 Å². The molecule has 33 heavy (non-hydrogen) atoms. The van der Waals surface area contributed by atoms with Gasteiger partial charge in [0.25, 0.3) is 0 Å². The van der Waals surface area contributed by atoms with Crippen molar-refractivity contribution in [2.24, 2.45) is 11.8 Å². The molecule has 1 aliphatic carbocycles. The number of hydrogen-bond donors (Lipinski definition) is 1. The van der Waals surface area contributed by atoms with Gasteiger partial charge in [0, 0.05) is 36.7 Å². The number of aromatic nitrogens is 3. The molecular weight excluding hydrogens is 420 g/mol. The second-order valence-electron chi connectivity index (χ2n) is 9.83. The highest BCUT2D eigenvalue weighted by atomic mass is 16.6. The third kappa shape index (κ3) is 3.82. The number of hydrogen-bond acceptors (Lipinski definition) is 6. The predicted octanol–water partition coefficient (Wildman–Crippen LogP) is 3.95. The number of nitrogens with one attached hydrogen (secondary N) is 1. The number of nitrogens with zero attached hydrogens (tertiary/aromatic N) is 3. The largest absolute Gasteiger partial charge is 0.472 e. The number of amides is 1. The van der Waals surface area contributed by atoms with Crippen LogP contribution < -0.4 is 4.74 Å². The molecule has 2 bridgehead atoms. The topological polar surface area (TPSA) is 89.6 Å². The van der Waals surface area contributed by atoms with E-state index in [-0.39, 0.29) is 29.6 Å². The van der Waals surface area contributed by atoms with Gasteiger partial charge in [-0.3, -0.25) is 0 Å². The number of ether oxygens (including phenoxy) is 3. The SMILES string of the molecule is Cc1ccc(-c2c[nH]c3c(OC4C5COCC4CN(C(=O)OC4(C)CC4)C5)ncnc23)cc1. The summed E-state index contributed by atoms with van der Waals surface area (Å²) in [7, 11) is 0. The second-order valence-corrected chi connectivity index (χ2v) is 9.83. The standard InChI is InChI=1S/C25H28N4O4/c1-15-3-5-16(6-4-15)19-9-26-21-20(19)27-14-28-23(21)32-22-17-10-29(11-18(22)13-31-12-17)24(30)33-25(2)7-8-25/h3-6,9,14,17-18,22,26H,7-8,10-13H2,1-2H3. The summed E-state index contributed by atoms with van der Waals surface area (Å²) in [5, 5.41) is 0. The molecular formula is C25H28N4O4. The lowest BCUT2D eigenvalue weighted by Crippen LogP contribution is -2.59. The lowest BCUT2D eigenvalue weighted by Gasteiger charge is -2.46. The molecule has 3 aliphatic rings. The van der Waals surface area contributed by atoms with Crippen molar-refractivity contribution in [3.8, 4) is 17.0 Å². The van der Waals surface area contributed by atoms with Gasteiger partial charge in [0.05, 0.1) is 13.2 Å². The van der Waals surface area contributed by atoms with Gasteiger partial charge < -0.3 is 24.1 Å². The van der Waals surface area contributed by atoms with Crippen LogP contribution in [0.5, 0.6) is 5.88 Å². The van der Waals surface area contributed by atoms with Crippen molar-refractivity contribution in [2.75, 3.05) is 26.3 Å². The molecule has 2 unspecified atom stereocenters. The minimum absolute atomic E-state index is 0.0635. The lowest BCUT2D eigenvalue weighted by atomic mass is 9.84. The predicted molar refractivity (Wildman–Crippen MR) is 122 cm³/mol. The van der Waals surface area contributed by atoms with E-state index in [1.807, 2.05) is 18.0 Å². The summed E-state index contributed by atoms with van der Waals surface area (Å²) in [6.45, 7) is 6.29. The average Bonchev–Trinajstić information content (AvgIpc) is 3.35. The van der Waals surface area contributed by atoms with Crippen molar-refractivity contribution in [2.45, 2.75) is 38.4 Å². The van der Waals surface area contributed by atoms with Crippen LogP contribution in [0, 0.1) is 18.8 Å². The van der Waals surface area contributed by atoms with Gasteiger partial charge in [-0.05, 0) is 32.3 Å². The molecule has 1 N–H and O–H groups in total. The van der Waals surface area contributed by atoms with Crippen molar-refractivity contribution in [3.63, 3.8) is 0 Å². The fraction of sp³-hybridized carbons (Fsp3) is 0.480. The van der Waals surface area contributed by atoms with Crippen LogP contribution in [-0.4, -0.2) is 64.0 Å². The Kier molecular flexibility index (Phi) is 4.79. The molecule has 0 radical (unpaired) electrons. The Balaban J connectivity index is 1.23. The van der Waals surface area contributed by atoms with E-state index in [0.29, 0.717) is 32.2 Å². The maximum absolute atomic E-state index is 12.7. The Morgan fingerprint density at radius 3 is 2.58 bits per heavy atom. The first-order chi connectivity index (χ1) is 16.0. The van der Waals surface area contributed by atoms with Crippen molar-refractivity contribution in [3.05, 3.63) is 42.4 Å². The number of rotatable bonds is 4. The van der Waals surface area contributed by atoms with Gasteiger partial charge in [-0.1, -0.05) is 29.8 Å². The van der Waals surface area contributed by atoms with E-state index in [1.165, 1.54) is 5.56 Å². The molecule has 6 rings (SSSR count). The number of carbonyl (C=O) groups excluding carboxylic acids is 1. The zero-order valence-electron chi connectivity index (χ0n) is 18.9. The quantitative estimate of drug-likeness (QED) is 0.650. The Hall–Kier alpha value is -3.13. The Bertz CT molecular complexity index is 1170. The van der Waals surface area contributed by atoms with Gasteiger partial charge in [0.2, 0.25) is 5.88 Å². The molecule has 2 saturated heterocycles. The number of H-pyrrole nitrogens is 1. The van der Waals surface area contributed by atoms with E-state index in [1.54, 1.807) is 6.33 Å². The van der Waals surface area contributed by atoms with Crippen molar-refractivity contribution in [1.29, 1.82) is 0 Å². The highest BCUT2D eigenvalue weighted by Crippen LogP contribution is 2.40. The molecule has 2 aliphatic heterocycles. The maximum atomic E-state index is 12.7. The minimum Gasteiger partial charge on any atom is -0.472 e. The molecule has 8 heteroatoms. The van der Waals surface area contributed by atoms with Gasteiger partial charge in [0.15, 0.2) is 0 Å². The zero-order chi connectivity index (χ0) is 22.6. The van der Waals surface area contributed by atoms with E-state index >= 15 is 0 Å². The summed E-state index contributed by atoms with van der Waals surface area (Å²) in [4.78, 5) is 26.8. The summed E-state index contributed by atoms with van der Waals surface area (Å²) >= 11 is 0. The van der Waals surface area contributed by atoms with Crippen LogP contribution in [0.2, 0.25) is 0 Å². The number of carbonyl (C=O) groups is 1. The van der Waals surface area contributed by atoms with E-state index in [4.69, 9.17) is 14.2 Å². The van der Waals surface area contributed by atoms with Crippen molar-refractivity contribution in [1.82, 2.24) is 19.9 Å². The molecule has 1 aromatic carbocycles. The van der Waals surface area contributed by atoms with Crippen LogP contribution >= 0.6 is 0 Å². The molecule has 1 amide bonds. The third-order valence-electron chi connectivity index (χ3n) is 7.09.